The molecule has 3 aromatic heterocycles. The molecule has 4 saturated carbocycles. The highest BCUT2D eigenvalue weighted by Crippen LogP contribution is 2.56. The minimum absolute atomic E-state index is 0.377. The fraction of sp³-hybridized carbons (Fsp3) is 0.579. The fourth-order valence-electron chi connectivity index (χ4n) is 6.17. The molecule has 8 heteroatoms. The summed E-state index contributed by atoms with van der Waals surface area (Å²) in [6.45, 7) is 0. The topological polar surface area (TPSA) is 105 Å². The number of rotatable bonds is 3. The Labute approximate surface area is 156 Å². The van der Waals surface area contributed by atoms with E-state index in [0.717, 1.165) is 41.5 Å². The van der Waals surface area contributed by atoms with Crippen molar-refractivity contribution in [1.82, 2.24) is 30.2 Å². The number of nitrogens with zero attached hydrogens (tertiary/aromatic N) is 5. The molecule has 8 nitrogen and oxygen atoms in total. The van der Waals surface area contributed by atoms with Gasteiger partial charge in [0, 0.05) is 30.9 Å². The lowest BCUT2D eigenvalue weighted by Crippen LogP contribution is -2.59. The van der Waals surface area contributed by atoms with Crippen molar-refractivity contribution in [1.29, 1.82) is 0 Å². The van der Waals surface area contributed by atoms with E-state index in [4.69, 9.17) is 0 Å². The van der Waals surface area contributed by atoms with Crippen molar-refractivity contribution in [2.45, 2.75) is 43.7 Å². The first-order valence-corrected chi connectivity index (χ1v) is 9.77. The van der Waals surface area contributed by atoms with Crippen molar-refractivity contribution in [3.05, 3.63) is 18.5 Å². The summed E-state index contributed by atoms with van der Waals surface area (Å²) in [7, 11) is 1.85. The van der Waals surface area contributed by atoms with E-state index in [0.29, 0.717) is 29.6 Å². The van der Waals surface area contributed by atoms with E-state index in [-0.39, 0.29) is 0 Å². The Morgan fingerprint density at radius 2 is 2.07 bits per heavy atom. The Bertz CT molecular complexity index is 1010. The summed E-state index contributed by atoms with van der Waals surface area (Å²) in [5, 5.41) is 27.8. The van der Waals surface area contributed by atoms with Crippen molar-refractivity contribution >= 4 is 16.7 Å². The van der Waals surface area contributed by atoms with Crippen LogP contribution in [0.25, 0.3) is 22.4 Å². The highest BCUT2D eigenvalue weighted by molar-refractivity contribution is 5.97. The number of aliphatic hydroxyl groups is 1. The predicted molar refractivity (Wildman–Crippen MR) is 99.8 cm³/mol. The molecule has 4 aliphatic carbocycles. The van der Waals surface area contributed by atoms with Gasteiger partial charge in [0.15, 0.2) is 5.82 Å². The number of anilines is 1. The molecule has 0 aliphatic heterocycles. The van der Waals surface area contributed by atoms with Crippen molar-refractivity contribution < 1.29 is 5.11 Å². The first-order valence-electron chi connectivity index (χ1n) is 9.77. The molecule has 2 unspecified atom stereocenters. The van der Waals surface area contributed by atoms with Crippen LogP contribution in [0.5, 0.6) is 0 Å². The van der Waals surface area contributed by atoms with Crippen LogP contribution in [0.15, 0.2) is 18.5 Å². The van der Waals surface area contributed by atoms with Crippen LogP contribution in [0.2, 0.25) is 0 Å². The third-order valence-electron chi connectivity index (χ3n) is 7.00. The van der Waals surface area contributed by atoms with Gasteiger partial charge in [-0.15, -0.1) is 5.10 Å². The molecular formula is C19H23N7O. The van der Waals surface area contributed by atoms with Gasteiger partial charge in [0.1, 0.15) is 5.65 Å². The van der Waals surface area contributed by atoms with E-state index in [9.17, 15) is 5.11 Å². The van der Waals surface area contributed by atoms with Gasteiger partial charge < -0.3 is 15.4 Å². The predicted octanol–water partition coefficient (Wildman–Crippen LogP) is 2.10. The van der Waals surface area contributed by atoms with Gasteiger partial charge >= 0.3 is 0 Å². The van der Waals surface area contributed by atoms with Crippen LogP contribution in [0.1, 0.15) is 32.1 Å². The Kier molecular flexibility index (Phi) is 3.05. The molecule has 140 valence electrons. The van der Waals surface area contributed by atoms with Gasteiger partial charge in [0.05, 0.1) is 16.9 Å². The molecule has 2 atom stereocenters. The minimum Gasteiger partial charge on any atom is -0.390 e. The number of aromatic amines is 1. The molecule has 0 radical (unpaired) electrons. The SMILES string of the molecule is Cn1nnnc1-c1cnc2[nH]ccc2c1NC1C2CC3CC1CC(O)(C3)C2. The second-order valence-corrected chi connectivity index (χ2v) is 8.78. The van der Waals surface area contributed by atoms with Crippen molar-refractivity contribution in [3.8, 4) is 11.4 Å². The van der Waals surface area contributed by atoms with E-state index in [1.807, 2.05) is 19.4 Å². The molecule has 7 rings (SSSR count). The number of aromatic nitrogens is 6. The van der Waals surface area contributed by atoms with E-state index in [1.165, 1.54) is 12.8 Å². The summed E-state index contributed by atoms with van der Waals surface area (Å²) < 4.78 is 1.68. The maximum atomic E-state index is 10.9. The Hall–Kier alpha value is -2.48. The largest absolute Gasteiger partial charge is 0.390 e. The summed E-state index contributed by atoms with van der Waals surface area (Å²) >= 11 is 0. The number of hydrogen-bond acceptors (Lipinski definition) is 6. The summed E-state index contributed by atoms with van der Waals surface area (Å²) in [5.74, 6) is 2.44. The van der Waals surface area contributed by atoms with Crippen LogP contribution in [-0.2, 0) is 7.05 Å². The van der Waals surface area contributed by atoms with Gasteiger partial charge in [-0.3, -0.25) is 0 Å². The lowest BCUT2D eigenvalue weighted by atomic mass is 9.52. The van der Waals surface area contributed by atoms with Crippen molar-refractivity contribution in [3.63, 3.8) is 0 Å². The molecule has 3 heterocycles. The summed E-state index contributed by atoms with van der Waals surface area (Å²) in [6, 6.07) is 2.43. The molecule has 4 bridgehead atoms. The van der Waals surface area contributed by atoms with Crippen molar-refractivity contribution in [2.75, 3.05) is 5.32 Å². The van der Waals surface area contributed by atoms with Crippen LogP contribution < -0.4 is 5.32 Å². The number of H-pyrrole nitrogens is 1. The normalized spacial score (nSPS) is 34.4. The average Bonchev–Trinajstić information content (AvgIpc) is 3.25. The highest BCUT2D eigenvalue weighted by atomic mass is 16.3. The molecule has 3 N–H and O–H groups in total. The van der Waals surface area contributed by atoms with E-state index < -0.39 is 5.60 Å². The monoisotopic (exact) mass is 365 g/mol. The second-order valence-electron chi connectivity index (χ2n) is 8.78. The molecule has 0 amide bonds. The van der Waals surface area contributed by atoms with Crippen LogP contribution in [0.4, 0.5) is 5.69 Å². The maximum Gasteiger partial charge on any atom is 0.185 e. The van der Waals surface area contributed by atoms with Gasteiger partial charge in [-0.1, -0.05) is 0 Å². The lowest BCUT2D eigenvalue weighted by Gasteiger charge is -2.58. The number of tetrazole rings is 1. The smallest absolute Gasteiger partial charge is 0.185 e. The summed E-state index contributed by atoms with van der Waals surface area (Å²) in [5.41, 5.74) is 2.40. The Balaban J connectivity index is 1.44. The fourth-order valence-corrected chi connectivity index (χ4v) is 6.17. The molecule has 0 aromatic carbocycles. The highest BCUT2D eigenvalue weighted by Gasteiger charge is 2.54. The summed E-state index contributed by atoms with van der Waals surface area (Å²) in [4.78, 5) is 7.76. The molecule has 3 aromatic rings. The molecular weight excluding hydrogens is 342 g/mol. The van der Waals surface area contributed by atoms with E-state index in [1.54, 1.807) is 4.68 Å². The second kappa shape index (κ2) is 5.28. The minimum atomic E-state index is -0.424. The number of nitrogens with one attached hydrogen (secondary N) is 2. The number of pyridine rings is 1. The van der Waals surface area contributed by atoms with Gasteiger partial charge in [-0.05, 0) is 66.4 Å². The van der Waals surface area contributed by atoms with Crippen LogP contribution in [0, 0.1) is 17.8 Å². The molecule has 0 saturated heterocycles. The zero-order valence-corrected chi connectivity index (χ0v) is 15.3. The standard InChI is InChI=1S/C19H23N7O/c1-26-18(23-24-25-26)14-9-21-17-13(2-3-20-17)16(14)22-15-11-4-10-5-12(15)8-19(27,6-10)7-11/h2-3,9-12,15,27H,4-8H2,1H3,(H2,20,21,22). The first-order chi connectivity index (χ1) is 13.1. The molecule has 0 spiro atoms. The third-order valence-corrected chi connectivity index (χ3v) is 7.00. The molecule has 4 aliphatic rings. The van der Waals surface area contributed by atoms with Crippen LogP contribution >= 0.6 is 0 Å². The maximum absolute atomic E-state index is 10.9. The van der Waals surface area contributed by atoms with Crippen molar-refractivity contribution in [2.24, 2.45) is 24.8 Å². The Morgan fingerprint density at radius 1 is 1.26 bits per heavy atom. The zero-order valence-electron chi connectivity index (χ0n) is 15.3. The number of aryl methyl sites for hydroxylation is 1. The van der Waals surface area contributed by atoms with Gasteiger partial charge in [0.2, 0.25) is 0 Å². The number of hydrogen-bond donors (Lipinski definition) is 3. The zero-order chi connectivity index (χ0) is 18.2. The van der Waals surface area contributed by atoms with E-state index in [2.05, 4.69) is 36.9 Å². The van der Waals surface area contributed by atoms with Gasteiger partial charge in [-0.25, -0.2) is 9.67 Å². The average molecular weight is 365 g/mol. The van der Waals surface area contributed by atoms with Gasteiger partial charge in [-0.2, -0.15) is 0 Å². The third kappa shape index (κ3) is 2.25. The molecule has 27 heavy (non-hydrogen) atoms. The van der Waals surface area contributed by atoms with Gasteiger partial charge in [0.25, 0.3) is 0 Å². The van der Waals surface area contributed by atoms with Crippen LogP contribution in [0.3, 0.4) is 0 Å². The summed E-state index contributed by atoms with van der Waals surface area (Å²) in [6.07, 6.45) is 9.04. The quantitative estimate of drug-likeness (QED) is 0.657. The van der Waals surface area contributed by atoms with E-state index >= 15 is 0 Å². The Morgan fingerprint density at radius 3 is 2.78 bits per heavy atom. The molecule has 4 fully saturated rings. The first kappa shape index (κ1) is 15.6. The lowest BCUT2D eigenvalue weighted by molar-refractivity contribution is -0.129. The van der Waals surface area contributed by atoms with Crippen LogP contribution in [-0.4, -0.2) is 46.9 Å². The number of fused-ring (bicyclic) bond motifs is 1.